The number of carbonyl (C=O) groups is 20. The first-order valence-electron chi connectivity index (χ1n) is 50.1. The van der Waals surface area contributed by atoms with E-state index in [1.807, 2.05) is 96.9 Å². The molecule has 43 nitrogen and oxygen atoms in total. The number of halogens is 1. The van der Waals surface area contributed by atoms with Gasteiger partial charge in [-0.2, -0.15) is 0 Å². The summed E-state index contributed by atoms with van der Waals surface area (Å²) in [6.45, 7) is 34.7. The molecule has 0 aromatic heterocycles. The van der Waals surface area contributed by atoms with Gasteiger partial charge in [0.15, 0.2) is 11.6 Å². The molecule has 2 aliphatic rings. The number of alkyl halides is 1. The Bertz CT molecular complexity index is 4490. The molecule has 44 heteroatoms. The van der Waals surface area contributed by atoms with Crippen molar-refractivity contribution in [2.24, 2.45) is 123 Å². The van der Waals surface area contributed by atoms with Crippen molar-refractivity contribution in [2.45, 2.75) is 278 Å². The van der Waals surface area contributed by atoms with E-state index in [2.05, 4.69) is 42.5 Å². The molecule has 147 heavy (non-hydrogen) atoms. The van der Waals surface area contributed by atoms with E-state index in [0.29, 0.717) is 124 Å². The summed E-state index contributed by atoms with van der Waals surface area (Å²) in [6, 6.07) is 15.7. The lowest BCUT2D eigenvalue weighted by Gasteiger charge is -2.24. The third-order valence-corrected chi connectivity index (χ3v) is 24.2. The average molecular weight is 2080 g/mol. The molecule has 828 valence electrons. The van der Waals surface area contributed by atoms with Crippen LogP contribution in [-0.4, -0.2) is 217 Å². The lowest BCUT2D eigenvalue weighted by atomic mass is 9.86. The summed E-state index contributed by atoms with van der Waals surface area (Å²) in [5, 5.41) is 74.7. The van der Waals surface area contributed by atoms with Gasteiger partial charge >= 0.3 is 48.0 Å². The topological polar surface area (TPSA) is 731 Å². The molecule has 26 N–H and O–H groups in total. The second kappa shape index (κ2) is 76.5. The molecule has 2 heterocycles. The van der Waals surface area contributed by atoms with Crippen LogP contribution in [0.25, 0.3) is 0 Å². The highest BCUT2D eigenvalue weighted by Gasteiger charge is 2.36. The number of nitrogens with zero attached hydrogens (tertiary/aromatic N) is 2. The number of carboxylic acid groups (broad SMARTS) is 3. The first-order chi connectivity index (χ1) is 69.2. The molecule has 5 rings (SSSR count). The molecule has 0 bridgehead atoms. The van der Waals surface area contributed by atoms with E-state index in [4.69, 9.17) is 66.1 Å². The number of aliphatic carboxylic acids is 3. The van der Waals surface area contributed by atoms with Gasteiger partial charge in [-0.05, 0) is 159 Å². The van der Waals surface area contributed by atoms with Crippen molar-refractivity contribution >= 4 is 135 Å². The first-order valence-corrected chi connectivity index (χ1v) is 49.4. The van der Waals surface area contributed by atoms with E-state index >= 15 is 0 Å². The van der Waals surface area contributed by atoms with Gasteiger partial charge in [0.25, 0.3) is 23.6 Å². The second-order valence-corrected chi connectivity index (χ2v) is 38.2. The summed E-state index contributed by atoms with van der Waals surface area (Å²) in [4.78, 5) is 238. The van der Waals surface area contributed by atoms with E-state index < -0.39 is 109 Å². The maximum atomic E-state index is 13.3. The van der Waals surface area contributed by atoms with Crippen LogP contribution in [0.3, 0.4) is 0 Å². The highest BCUT2D eigenvalue weighted by molar-refractivity contribution is 6.13. The lowest BCUT2D eigenvalue weighted by molar-refractivity contribution is -0.201. The van der Waals surface area contributed by atoms with Gasteiger partial charge in [-0.1, -0.05) is 167 Å². The highest BCUT2D eigenvalue weighted by atomic mass is 19.1. The number of carbonyl (C=O) groups excluding carboxylic acids is 17. The zero-order valence-corrected chi connectivity index (χ0v) is 88.6. The molecule has 0 saturated carbocycles. The van der Waals surface area contributed by atoms with Gasteiger partial charge < -0.3 is 112 Å². The fourth-order valence-corrected chi connectivity index (χ4v) is 13.0. The Hall–Kier alpha value is -13.1. The molecule has 0 spiro atoms. The van der Waals surface area contributed by atoms with Crippen molar-refractivity contribution in [2.75, 3.05) is 55.8 Å². The van der Waals surface area contributed by atoms with Crippen LogP contribution in [0, 0.1) is 88.8 Å². The van der Waals surface area contributed by atoms with Crippen LogP contribution in [0.15, 0.2) is 84.9 Å². The molecule has 16 amide bonds. The fraction of sp³-hybridized carbons (Fsp3) is 0.612. The Balaban J connectivity index is -0.00000175. The standard InChI is InChI=1S/C29H41N5O7.C20H31N3O4.C19H30N4O4.C13H24N2O4.C10H15NO4.C6H12O2.C5H11NO2.CH3F/c1-19(2)27(33-24(37)8-4-3-5-16-34-25(38)13-14-26(34)39)23(36)17-21(7-6-15-31-29(30)41)28(40)32-22-11-9-20(18-35)10-12-22;1-13(2)14(3)18(25)11-16(5-4-10-22-20(21)27)19(26)23-17-8-6-15(12-24)7-9-17;1-12(2)17(20)16(25)10-14(4-3-9-22-19(21)27)18(26)23-15-7-5-13(11-24)6-8-15;1-8(2)9(3)11(16)7-10(12(17)18)5-4-6-15-13(14)19;1-6(2)7(3)10(14)15-11-8(12)4-5-9(11)13;1-4(2)5(3)6(7)8;1-3(2)4(6)5(7)8;1-2/h9-14,19,21,27,35H,3-8,15-18H2,1-2H3,(H,32,40)(H,33,37)(H3,30,31,41);6-9,13-14,16,24H,4-5,10-12H2,1-3H3,(H,23,26)(H3,21,22,27);5-8,12,14,17,24H,3-4,9-11,20H2,1-2H3,(H,23,26)(H3,21,22,27);8-10H,4-7H2,1-3H3,(H,17,18)(H3,14,15,19);6-7H,4-5H2,1-3H3;4-5H,1-3H3,(H,7,8);3-4H,6H2,1-2H3,(H,7,8);1H3/t21-,27+;14-,16+;14-,17+;9-,10+;7-;5-;4-;/m1010000./s1/i;;;;;;;1D. The number of carboxylic acids is 3. The van der Waals surface area contributed by atoms with E-state index in [1.54, 1.807) is 100 Å². The number of urea groups is 4. The Morgan fingerprint density at radius 2 is 0.687 bits per heavy atom. The maximum Gasteiger partial charge on any atom is 0.336 e. The summed E-state index contributed by atoms with van der Waals surface area (Å²) in [7, 11) is -1.00. The maximum absolute atomic E-state index is 13.3. The number of aliphatic hydroxyl groups is 3. The van der Waals surface area contributed by atoms with Gasteiger partial charge in [0.2, 0.25) is 23.6 Å². The number of unbranched alkanes of at least 4 members (excludes halogenated alkanes) is 2. The smallest absolute Gasteiger partial charge is 0.336 e. The summed E-state index contributed by atoms with van der Waals surface area (Å²) >= 11 is 0. The second-order valence-electron chi connectivity index (χ2n) is 38.2. The van der Waals surface area contributed by atoms with Crippen molar-refractivity contribution in [3.05, 3.63) is 102 Å². The number of ketones is 4. The molecule has 0 radical (unpaired) electrons. The average Bonchev–Trinajstić information content (AvgIpc) is 1.83. The van der Waals surface area contributed by atoms with Crippen molar-refractivity contribution in [1.82, 2.24) is 36.5 Å². The number of benzene rings is 3. The molecule has 3 aromatic carbocycles. The van der Waals surface area contributed by atoms with E-state index in [0.717, 1.165) is 16.0 Å². The van der Waals surface area contributed by atoms with Gasteiger partial charge in [-0.3, -0.25) is 81.2 Å². The zero-order chi connectivity index (χ0) is 114. The largest absolute Gasteiger partial charge is 0.481 e. The zero-order valence-electron chi connectivity index (χ0n) is 89.6. The number of primary amides is 4. The molecule has 11 atom stereocenters. The predicted molar refractivity (Wildman–Crippen MR) is 553 cm³/mol. The number of Topliss-reactive ketones (excluding diaryl/α,β-unsaturated/α-hetero) is 4. The van der Waals surface area contributed by atoms with E-state index in [9.17, 15) is 105 Å². The Kier molecular flexibility index (Phi) is 70.7. The van der Waals surface area contributed by atoms with Crippen molar-refractivity contribution in [3.8, 4) is 0 Å². The van der Waals surface area contributed by atoms with Crippen molar-refractivity contribution in [1.29, 1.82) is 0 Å². The van der Waals surface area contributed by atoms with E-state index in [-0.39, 0.29) is 195 Å². The van der Waals surface area contributed by atoms with Crippen LogP contribution in [-0.2, 0) is 101 Å². The van der Waals surface area contributed by atoms with Crippen LogP contribution >= 0.6 is 0 Å². The van der Waals surface area contributed by atoms with Gasteiger partial charge in [-0.25, -0.2) is 24.0 Å². The molecule has 1 fully saturated rings. The summed E-state index contributed by atoms with van der Waals surface area (Å²) in [5.74, 6) is -8.91. The number of nitrogens with two attached hydrogens (primary N) is 6. The minimum Gasteiger partial charge on any atom is -0.481 e. The van der Waals surface area contributed by atoms with Crippen molar-refractivity contribution in [3.63, 3.8) is 0 Å². The third kappa shape index (κ3) is 61.2. The minimum atomic E-state index is -1.00. The highest BCUT2D eigenvalue weighted by Crippen LogP contribution is 2.27. The molecular formula is C103H167FN16O27. The third-order valence-electron chi connectivity index (χ3n) is 24.2. The first kappa shape index (κ1) is 136. The quantitative estimate of drug-likeness (QED) is 0.0185. The van der Waals surface area contributed by atoms with Crippen LogP contribution in [0.4, 0.5) is 40.6 Å². The Morgan fingerprint density at radius 3 is 0.952 bits per heavy atom. The van der Waals surface area contributed by atoms with Crippen LogP contribution in [0.2, 0.25) is 0 Å². The van der Waals surface area contributed by atoms with Gasteiger partial charge in [0.1, 0.15) is 17.6 Å². The number of hydrogen-bond donors (Lipinski definition) is 20. The number of nitrogens with one attached hydrogen (secondary N) is 8. The van der Waals surface area contributed by atoms with Gasteiger partial charge in [-0.15, -0.1) is 5.06 Å². The van der Waals surface area contributed by atoms with Crippen molar-refractivity contribution < 1.29 is 137 Å². The fourth-order valence-electron chi connectivity index (χ4n) is 13.0. The van der Waals surface area contributed by atoms with Crippen LogP contribution < -0.4 is 76.9 Å². The number of amides is 16. The monoisotopic (exact) mass is 2080 g/mol. The SMILES string of the molecule is CC(C)[C@H](C)C(=O)C[C@@H](CCCNC(N)=O)C(=O)Nc1ccc(CO)cc1.CC(C)[C@H](C)C(=O)C[C@@H](CCCNC(N)=O)C(=O)O.CC(C)[C@H](C)C(=O)O.CC(C)[C@H](C)C(=O)ON1C(=O)CCC1=O.CC(C)[C@H](N)C(=O)C[C@@H](CCCNC(N)=O)C(=O)Nc1ccc(CO)cc1.CC(C)[C@H](N)C(=O)O.CC(C)[C@H](NC(=O)CCCCCN1C(=O)C=CC1=O)C(=O)C[C@@H](CCCNC(N)=O)C(=O)Nc1ccc(CO)cc1.[2H]CF. The number of rotatable bonds is 56. The minimum absolute atomic E-state index is 0.0104. The van der Waals surface area contributed by atoms with Gasteiger partial charge in [0, 0.05) is 136 Å². The Labute approximate surface area is 863 Å². The van der Waals surface area contributed by atoms with E-state index in [1.165, 1.54) is 12.2 Å². The molecule has 3 aromatic rings. The van der Waals surface area contributed by atoms with Gasteiger partial charge in [0.05, 0.1) is 58.2 Å². The number of imide groups is 2. The molecular weight excluding hydrogens is 1910 g/mol. The molecule has 1 saturated heterocycles. The normalized spacial score (nSPS) is 14.1. The number of anilines is 3. The summed E-state index contributed by atoms with van der Waals surface area (Å²) in [6.07, 6.45) is 8.30. The number of aliphatic hydroxyl groups excluding tert-OH is 3. The molecule has 0 unspecified atom stereocenters. The Morgan fingerprint density at radius 1 is 0.381 bits per heavy atom. The number of hydrogen-bond acceptors (Lipinski definition) is 26. The van der Waals surface area contributed by atoms with Crippen LogP contribution in [0.1, 0.15) is 258 Å². The summed E-state index contributed by atoms with van der Waals surface area (Å²) < 4.78 is 15.5. The number of hydroxylamine groups is 2. The van der Waals surface area contributed by atoms with Crippen LogP contribution in [0.5, 0.6) is 0 Å². The lowest BCUT2D eigenvalue weighted by Crippen LogP contribution is -2.45. The predicted octanol–water partition coefficient (Wildman–Crippen LogP) is 9.60. The molecule has 2 aliphatic heterocycles. The molecule has 0 aliphatic carbocycles. The summed E-state index contributed by atoms with van der Waals surface area (Å²) in [5.41, 5.74) is 35.1.